The van der Waals surface area contributed by atoms with Crippen LogP contribution in [0.15, 0.2) is 0 Å². The Kier molecular flexibility index (Phi) is 5.73. The Hall–Kier alpha value is -1.16. The molecule has 0 aromatic carbocycles. The van der Waals surface area contributed by atoms with E-state index in [1.807, 2.05) is 0 Å². The summed E-state index contributed by atoms with van der Waals surface area (Å²) < 4.78 is 0. The van der Waals surface area contributed by atoms with Gasteiger partial charge in [0.05, 0.1) is 5.69 Å². The molecular formula is C15H28N4. The first-order valence-electron chi connectivity index (χ1n) is 7.27. The third-order valence-electron chi connectivity index (χ3n) is 4.05. The fraction of sp³-hybridized carbons (Fsp3) is 0.733. The first kappa shape index (κ1) is 15.9. The molecule has 1 rings (SSSR count). The predicted octanol–water partition coefficient (Wildman–Crippen LogP) is 2.54. The van der Waals surface area contributed by atoms with Crippen molar-refractivity contribution in [2.75, 3.05) is 11.9 Å². The van der Waals surface area contributed by atoms with Crippen LogP contribution < -0.4 is 10.6 Å². The third kappa shape index (κ3) is 3.24. The summed E-state index contributed by atoms with van der Waals surface area (Å²) in [5.74, 6) is 1.51. The second-order valence-corrected chi connectivity index (χ2v) is 5.43. The smallest absolute Gasteiger partial charge is 0.156 e. The van der Waals surface area contributed by atoms with Crippen molar-refractivity contribution in [1.29, 1.82) is 0 Å². The fourth-order valence-corrected chi connectivity index (χ4v) is 2.38. The quantitative estimate of drug-likeness (QED) is 0.858. The van der Waals surface area contributed by atoms with Gasteiger partial charge in [0.15, 0.2) is 5.82 Å². The predicted molar refractivity (Wildman–Crippen MR) is 81.4 cm³/mol. The van der Waals surface area contributed by atoms with Crippen molar-refractivity contribution in [3.63, 3.8) is 0 Å². The lowest BCUT2D eigenvalue weighted by atomic mass is 10.0. The van der Waals surface area contributed by atoms with Gasteiger partial charge in [-0.2, -0.15) is 5.10 Å². The zero-order chi connectivity index (χ0) is 14.6. The van der Waals surface area contributed by atoms with Gasteiger partial charge in [-0.25, -0.2) is 0 Å². The zero-order valence-electron chi connectivity index (χ0n) is 13.2. The van der Waals surface area contributed by atoms with Crippen LogP contribution in [0.4, 0.5) is 5.82 Å². The third-order valence-corrected chi connectivity index (χ3v) is 4.05. The van der Waals surface area contributed by atoms with Gasteiger partial charge in [-0.1, -0.05) is 27.7 Å². The normalized spacial score (nSPS) is 12.8. The van der Waals surface area contributed by atoms with Gasteiger partial charge in [0.25, 0.3) is 0 Å². The van der Waals surface area contributed by atoms with Crippen LogP contribution in [0.5, 0.6) is 0 Å². The second-order valence-electron chi connectivity index (χ2n) is 5.43. The number of hydrogen-bond donors (Lipinski definition) is 1. The van der Waals surface area contributed by atoms with Crippen LogP contribution in [-0.4, -0.2) is 23.3 Å². The van der Waals surface area contributed by atoms with Crippen LogP contribution in [-0.2, 0) is 19.4 Å². The van der Waals surface area contributed by atoms with Gasteiger partial charge in [0.1, 0.15) is 0 Å². The van der Waals surface area contributed by atoms with E-state index >= 15 is 0 Å². The summed E-state index contributed by atoms with van der Waals surface area (Å²) in [6.45, 7) is 11.5. The molecule has 1 atom stereocenters. The monoisotopic (exact) mass is 264 g/mol. The Morgan fingerprint density at radius 2 is 1.68 bits per heavy atom. The lowest BCUT2D eigenvalue weighted by Crippen LogP contribution is -2.35. The molecule has 0 spiro atoms. The van der Waals surface area contributed by atoms with Crippen LogP contribution in [0.2, 0.25) is 0 Å². The van der Waals surface area contributed by atoms with Gasteiger partial charge in [0, 0.05) is 25.2 Å². The molecule has 0 amide bonds. The molecule has 0 aliphatic rings. The van der Waals surface area contributed by atoms with Gasteiger partial charge < -0.3 is 10.6 Å². The van der Waals surface area contributed by atoms with Crippen molar-refractivity contribution in [1.82, 2.24) is 10.2 Å². The minimum Gasteiger partial charge on any atom is -0.355 e. The Labute approximate surface area is 117 Å². The molecule has 108 valence electrons. The number of nitrogens with two attached hydrogens (primary N) is 1. The molecule has 4 heteroatoms. The molecule has 19 heavy (non-hydrogen) atoms. The highest BCUT2D eigenvalue weighted by Gasteiger charge is 2.21. The average molecular weight is 264 g/mol. The van der Waals surface area contributed by atoms with E-state index < -0.39 is 0 Å². The van der Waals surface area contributed by atoms with E-state index in [0.717, 1.165) is 29.9 Å². The summed E-state index contributed by atoms with van der Waals surface area (Å²) in [6.07, 6.45) is 1.87. The zero-order valence-corrected chi connectivity index (χ0v) is 13.2. The lowest BCUT2D eigenvalue weighted by Gasteiger charge is -2.31. The van der Waals surface area contributed by atoms with Crippen LogP contribution in [0.25, 0.3) is 0 Å². The van der Waals surface area contributed by atoms with Crippen molar-refractivity contribution in [2.45, 2.75) is 60.0 Å². The van der Waals surface area contributed by atoms with Gasteiger partial charge in [-0.05, 0) is 31.2 Å². The van der Waals surface area contributed by atoms with Crippen LogP contribution in [0, 0.1) is 5.92 Å². The highest BCUT2D eigenvalue weighted by molar-refractivity contribution is 5.51. The number of rotatable bonds is 6. The maximum Gasteiger partial charge on any atom is 0.156 e. The highest BCUT2D eigenvalue weighted by atomic mass is 15.3. The fourth-order valence-electron chi connectivity index (χ4n) is 2.38. The van der Waals surface area contributed by atoms with Crippen molar-refractivity contribution < 1.29 is 0 Å². The minimum atomic E-state index is 0.414. The Balaban J connectivity index is 3.28. The Morgan fingerprint density at radius 1 is 1.05 bits per heavy atom. The standard InChI is InChI=1S/C15H28N4/c1-7-12-13(9-16)15(18-17-14(12)8-2)19(6)11(5)10(3)4/h10-11H,7-9,16H2,1-6H3. The molecule has 0 radical (unpaired) electrons. The Bertz CT molecular complexity index is 415. The molecule has 0 saturated carbocycles. The summed E-state index contributed by atoms with van der Waals surface area (Å²) in [5, 5.41) is 8.82. The first-order chi connectivity index (χ1) is 8.97. The average Bonchev–Trinajstić information content (AvgIpc) is 2.43. The van der Waals surface area contributed by atoms with Crippen LogP contribution in [0.3, 0.4) is 0 Å². The first-order valence-corrected chi connectivity index (χ1v) is 7.27. The van der Waals surface area contributed by atoms with E-state index in [0.29, 0.717) is 18.5 Å². The van der Waals surface area contributed by atoms with E-state index in [2.05, 4.69) is 56.8 Å². The molecule has 1 aromatic rings. The van der Waals surface area contributed by atoms with Crippen molar-refractivity contribution in [2.24, 2.45) is 11.7 Å². The van der Waals surface area contributed by atoms with E-state index in [9.17, 15) is 0 Å². The SMILES string of the molecule is CCc1nnc(N(C)C(C)C(C)C)c(CN)c1CC. The second kappa shape index (κ2) is 6.85. The molecule has 0 aliphatic heterocycles. The topological polar surface area (TPSA) is 55.0 Å². The molecule has 4 nitrogen and oxygen atoms in total. The number of anilines is 1. The number of aryl methyl sites for hydroxylation is 1. The molecule has 1 aromatic heterocycles. The molecule has 2 N–H and O–H groups in total. The summed E-state index contributed by atoms with van der Waals surface area (Å²) in [6, 6.07) is 0.414. The lowest BCUT2D eigenvalue weighted by molar-refractivity contribution is 0.499. The largest absolute Gasteiger partial charge is 0.355 e. The van der Waals surface area contributed by atoms with Crippen molar-refractivity contribution >= 4 is 5.82 Å². The summed E-state index contributed by atoms with van der Waals surface area (Å²) >= 11 is 0. The maximum absolute atomic E-state index is 5.97. The van der Waals surface area contributed by atoms with Gasteiger partial charge >= 0.3 is 0 Å². The molecule has 0 saturated heterocycles. The molecule has 0 fully saturated rings. The number of aromatic nitrogens is 2. The van der Waals surface area contributed by atoms with E-state index in [4.69, 9.17) is 5.73 Å². The Morgan fingerprint density at radius 3 is 2.11 bits per heavy atom. The van der Waals surface area contributed by atoms with E-state index in [-0.39, 0.29) is 0 Å². The van der Waals surface area contributed by atoms with Gasteiger partial charge in [0.2, 0.25) is 0 Å². The van der Waals surface area contributed by atoms with E-state index in [1.165, 1.54) is 5.56 Å². The molecule has 1 heterocycles. The molecule has 0 aliphatic carbocycles. The summed E-state index contributed by atoms with van der Waals surface area (Å²) in [5.41, 5.74) is 9.48. The van der Waals surface area contributed by atoms with Crippen LogP contribution in [0.1, 0.15) is 51.4 Å². The summed E-state index contributed by atoms with van der Waals surface area (Å²) in [7, 11) is 2.08. The van der Waals surface area contributed by atoms with Gasteiger partial charge in [-0.15, -0.1) is 5.10 Å². The van der Waals surface area contributed by atoms with Gasteiger partial charge in [-0.3, -0.25) is 0 Å². The maximum atomic E-state index is 5.97. The van der Waals surface area contributed by atoms with Crippen molar-refractivity contribution in [3.8, 4) is 0 Å². The van der Waals surface area contributed by atoms with E-state index in [1.54, 1.807) is 0 Å². The summed E-state index contributed by atoms with van der Waals surface area (Å²) in [4.78, 5) is 2.21. The highest BCUT2D eigenvalue weighted by Crippen LogP contribution is 2.25. The molecular weight excluding hydrogens is 236 g/mol. The molecule has 0 bridgehead atoms. The number of nitrogens with zero attached hydrogens (tertiary/aromatic N) is 3. The van der Waals surface area contributed by atoms with Crippen LogP contribution >= 0.6 is 0 Å². The minimum absolute atomic E-state index is 0.414. The molecule has 1 unspecified atom stereocenters. The van der Waals surface area contributed by atoms with Crippen molar-refractivity contribution in [3.05, 3.63) is 16.8 Å². The number of hydrogen-bond acceptors (Lipinski definition) is 4.